The molecule has 0 unspecified atom stereocenters. The highest BCUT2D eigenvalue weighted by Crippen LogP contribution is 2.39. The molecule has 5 heteroatoms. The molecule has 0 spiro atoms. The molecule has 0 amide bonds. The summed E-state index contributed by atoms with van der Waals surface area (Å²) in [6.45, 7) is 6.86. The standard InChI is InChI=1S/C16H21N3O2/c1-16(2,3)8-11-14(15(17)19(4)18-11)10-5-6-12-13(7-10)21-9-20-12/h5-7H,8-9,17H2,1-4H3. The lowest BCUT2D eigenvalue weighted by Gasteiger charge is -2.17. The summed E-state index contributed by atoms with van der Waals surface area (Å²) in [6.07, 6.45) is 0.863. The Hall–Kier alpha value is -2.17. The van der Waals surface area contributed by atoms with Crippen molar-refractivity contribution in [1.82, 2.24) is 9.78 Å². The van der Waals surface area contributed by atoms with Crippen LogP contribution in [0.5, 0.6) is 11.5 Å². The first kappa shape index (κ1) is 13.8. The van der Waals surface area contributed by atoms with E-state index in [9.17, 15) is 0 Å². The quantitative estimate of drug-likeness (QED) is 0.922. The number of anilines is 1. The monoisotopic (exact) mass is 287 g/mol. The lowest BCUT2D eigenvalue weighted by Crippen LogP contribution is -2.10. The van der Waals surface area contributed by atoms with Crippen LogP contribution in [0.15, 0.2) is 18.2 Å². The van der Waals surface area contributed by atoms with Crippen molar-refractivity contribution in [2.24, 2.45) is 12.5 Å². The maximum Gasteiger partial charge on any atom is 0.231 e. The Morgan fingerprint density at radius 2 is 1.95 bits per heavy atom. The van der Waals surface area contributed by atoms with Gasteiger partial charge >= 0.3 is 0 Å². The van der Waals surface area contributed by atoms with Gasteiger partial charge in [0.25, 0.3) is 0 Å². The lowest BCUT2D eigenvalue weighted by molar-refractivity contribution is 0.174. The number of benzene rings is 1. The van der Waals surface area contributed by atoms with Gasteiger partial charge < -0.3 is 15.2 Å². The van der Waals surface area contributed by atoms with E-state index in [-0.39, 0.29) is 12.2 Å². The van der Waals surface area contributed by atoms with E-state index in [1.165, 1.54) is 0 Å². The van der Waals surface area contributed by atoms with Crippen LogP contribution in [-0.4, -0.2) is 16.6 Å². The van der Waals surface area contributed by atoms with Crippen molar-refractivity contribution in [2.75, 3.05) is 12.5 Å². The molecule has 1 aromatic heterocycles. The van der Waals surface area contributed by atoms with E-state index in [2.05, 4.69) is 25.9 Å². The number of rotatable bonds is 2. The van der Waals surface area contributed by atoms with Crippen molar-refractivity contribution in [1.29, 1.82) is 0 Å². The molecule has 0 aliphatic carbocycles. The Morgan fingerprint density at radius 3 is 2.67 bits per heavy atom. The molecule has 0 fully saturated rings. The molecule has 0 radical (unpaired) electrons. The molecule has 1 aliphatic heterocycles. The predicted octanol–water partition coefficient (Wildman–Crippen LogP) is 2.99. The molecule has 0 saturated heterocycles. The Morgan fingerprint density at radius 1 is 1.24 bits per heavy atom. The van der Waals surface area contributed by atoms with Crippen LogP contribution in [0, 0.1) is 5.41 Å². The second-order valence-corrected chi connectivity index (χ2v) is 6.64. The third-order valence-corrected chi connectivity index (χ3v) is 3.52. The molecule has 112 valence electrons. The van der Waals surface area contributed by atoms with E-state index in [0.717, 1.165) is 34.7 Å². The van der Waals surface area contributed by atoms with Crippen molar-refractivity contribution in [3.05, 3.63) is 23.9 Å². The van der Waals surface area contributed by atoms with E-state index < -0.39 is 0 Å². The number of nitrogens with two attached hydrogens (primary N) is 1. The maximum absolute atomic E-state index is 6.23. The molecule has 5 nitrogen and oxygen atoms in total. The molecule has 3 rings (SSSR count). The first-order valence-corrected chi connectivity index (χ1v) is 7.06. The Balaban J connectivity index is 2.09. The van der Waals surface area contributed by atoms with Crippen LogP contribution in [0.4, 0.5) is 5.82 Å². The summed E-state index contributed by atoms with van der Waals surface area (Å²) in [7, 11) is 1.87. The SMILES string of the molecule is Cn1nc(CC(C)(C)C)c(-c2ccc3c(c2)OCO3)c1N. The van der Waals surface area contributed by atoms with Crippen LogP contribution in [0.25, 0.3) is 11.1 Å². The number of fused-ring (bicyclic) bond motifs is 1. The van der Waals surface area contributed by atoms with Crippen LogP contribution < -0.4 is 15.2 Å². The van der Waals surface area contributed by atoms with Crippen molar-refractivity contribution in [3.8, 4) is 22.6 Å². The maximum atomic E-state index is 6.23. The first-order chi connectivity index (χ1) is 9.85. The minimum Gasteiger partial charge on any atom is -0.454 e. The number of aromatic nitrogens is 2. The number of hydrogen-bond donors (Lipinski definition) is 1. The highest BCUT2D eigenvalue weighted by molar-refractivity contribution is 5.78. The smallest absolute Gasteiger partial charge is 0.231 e. The fourth-order valence-electron chi connectivity index (χ4n) is 2.59. The Bertz CT molecular complexity index is 684. The molecule has 2 heterocycles. The number of nitrogens with zero attached hydrogens (tertiary/aromatic N) is 2. The van der Waals surface area contributed by atoms with Crippen molar-refractivity contribution in [3.63, 3.8) is 0 Å². The third kappa shape index (κ3) is 2.55. The van der Waals surface area contributed by atoms with Gasteiger partial charge in [0.05, 0.1) is 5.69 Å². The second kappa shape index (κ2) is 4.69. The third-order valence-electron chi connectivity index (χ3n) is 3.52. The molecule has 2 aromatic rings. The molecular weight excluding hydrogens is 266 g/mol. The van der Waals surface area contributed by atoms with E-state index >= 15 is 0 Å². The number of ether oxygens (including phenoxy) is 2. The highest BCUT2D eigenvalue weighted by Gasteiger charge is 2.23. The number of nitrogen functional groups attached to an aromatic ring is 1. The lowest BCUT2D eigenvalue weighted by atomic mass is 9.88. The zero-order chi connectivity index (χ0) is 15.2. The Kier molecular flexibility index (Phi) is 3.08. The van der Waals surface area contributed by atoms with Crippen molar-refractivity contribution < 1.29 is 9.47 Å². The fraction of sp³-hybridized carbons (Fsp3) is 0.438. The molecule has 1 aromatic carbocycles. The van der Waals surface area contributed by atoms with Gasteiger partial charge in [0.15, 0.2) is 11.5 Å². The molecule has 0 atom stereocenters. The summed E-state index contributed by atoms with van der Waals surface area (Å²) in [4.78, 5) is 0. The summed E-state index contributed by atoms with van der Waals surface area (Å²) >= 11 is 0. The summed E-state index contributed by atoms with van der Waals surface area (Å²) in [5.41, 5.74) is 9.40. The zero-order valence-electron chi connectivity index (χ0n) is 12.9. The Labute approximate surface area is 124 Å². The first-order valence-electron chi connectivity index (χ1n) is 7.06. The largest absolute Gasteiger partial charge is 0.454 e. The van der Waals surface area contributed by atoms with Gasteiger partial charge in [-0.3, -0.25) is 4.68 Å². The van der Waals surface area contributed by atoms with Crippen molar-refractivity contribution in [2.45, 2.75) is 27.2 Å². The van der Waals surface area contributed by atoms with Crippen LogP contribution >= 0.6 is 0 Å². The molecule has 2 N–H and O–H groups in total. The fourth-order valence-corrected chi connectivity index (χ4v) is 2.59. The van der Waals surface area contributed by atoms with E-state index in [0.29, 0.717) is 5.82 Å². The average Bonchev–Trinajstić information content (AvgIpc) is 2.93. The molecular formula is C16H21N3O2. The average molecular weight is 287 g/mol. The van der Waals surface area contributed by atoms with Gasteiger partial charge in [0, 0.05) is 12.6 Å². The molecule has 0 saturated carbocycles. The summed E-state index contributed by atoms with van der Waals surface area (Å²) in [6, 6.07) is 5.90. The minimum atomic E-state index is 0.145. The van der Waals surface area contributed by atoms with Gasteiger partial charge in [-0.2, -0.15) is 5.10 Å². The second-order valence-electron chi connectivity index (χ2n) is 6.64. The zero-order valence-corrected chi connectivity index (χ0v) is 12.9. The van der Waals surface area contributed by atoms with E-state index in [1.807, 2.05) is 25.2 Å². The van der Waals surface area contributed by atoms with Crippen LogP contribution in [0.1, 0.15) is 26.5 Å². The molecule has 21 heavy (non-hydrogen) atoms. The topological polar surface area (TPSA) is 62.3 Å². The number of aryl methyl sites for hydroxylation is 1. The van der Waals surface area contributed by atoms with E-state index in [4.69, 9.17) is 15.2 Å². The molecule has 1 aliphatic rings. The minimum absolute atomic E-state index is 0.145. The van der Waals surface area contributed by atoms with Gasteiger partial charge in [-0.1, -0.05) is 26.8 Å². The summed E-state index contributed by atoms with van der Waals surface area (Å²) in [5.74, 6) is 2.21. The summed E-state index contributed by atoms with van der Waals surface area (Å²) in [5, 5.41) is 4.59. The van der Waals surface area contributed by atoms with E-state index in [1.54, 1.807) is 4.68 Å². The summed E-state index contributed by atoms with van der Waals surface area (Å²) < 4.78 is 12.6. The van der Waals surface area contributed by atoms with Gasteiger partial charge in [-0.15, -0.1) is 0 Å². The normalized spacial score (nSPS) is 13.7. The van der Waals surface area contributed by atoms with Gasteiger partial charge in [-0.05, 0) is 29.5 Å². The van der Waals surface area contributed by atoms with Gasteiger partial charge in [-0.25, -0.2) is 0 Å². The van der Waals surface area contributed by atoms with Crippen molar-refractivity contribution >= 4 is 5.82 Å². The highest BCUT2D eigenvalue weighted by atomic mass is 16.7. The van der Waals surface area contributed by atoms with Crippen LogP contribution in [0.2, 0.25) is 0 Å². The van der Waals surface area contributed by atoms with Gasteiger partial charge in [0.1, 0.15) is 5.82 Å². The predicted molar refractivity (Wildman–Crippen MR) is 82.3 cm³/mol. The molecule has 0 bridgehead atoms. The van der Waals surface area contributed by atoms with Crippen LogP contribution in [-0.2, 0) is 13.5 Å². The van der Waals surface area contributed by atoms with Crippen LogP contribution in [0.3, 0.4) is 0 Å². The number of hydrogen-bond acceptors (Lipinski definition) is 4. The van der Waals surface area contributed by atoms with Gasteiger partial charge in [0.2, 0.25) is 6.79 Å².